The zero-order chi connectivity index (χ0) is 75.1. The van der Waals surface area contributed by atoms with Gasteiger partial charge in [0.1, 0.15) is 13.2 Å². The Hall–Kier alpha value is -5.92. The lowest BCUT2D eigenvalue weighted by atomic mass is 10.0. The zero-order valence-corrected chi connectivity index (χ0v) is 64.6. The van der Waals surface area contributed by atoms with E-state index in [2.05, 4.69) is 68.7 Å². The molecule has 4 aromatic rings. The number of halogens is 1. The summed E-state index contributed by atoms with van der Waals surface area (Å²) in [4.78, 5) is 57.2. The molecule has 588 valence electrons. The molecule has 25 heteroatoms. The number of carbonyl (C=O) groups excluding carboxylic acids is 4. The molecule has 0 radical (unpaired) electrons. The first kappa shape index (κ1) is 91.5. The van der Waals surface area contributed by atoms with Crippen LogP contribution in [0, 0.1) is 0 Å². The highest BCUT2D eigenvalue weighted by Crippen LogP contribution is 2.27. The molecule has 2 aliphatic rings. The van der Waals surface area contributed by atoms with Gasteiger partial charge >= 0.3 is 11.9 Å². The first-order valence-electron chi connectivity index (χ1n) is 37.2. The molecule has 0 aliphatic carbocycles. The van der Waals surface area contributed by atoms with Crippen molar-refractivity contribution in [1.29, 1.82) is 0 Å². The lowest BCUT2D eigenvalue weighted by Gasteiger charge is -2.38. The van der Waals surface area contributed by atoms with Crippen LogP contribution in [0.4, 0.5) is 11.4 Å². The molecule has 0 spiro atoms. The highest BCUT2D eigenvalue weighted by Gasteiger charge is 2.30. The highest BCUT2D eigenvalue weighted by molar-refractivity contribution is 9.10. The fraction of sp³-hybridized carbons (Fsp3) is 0.600. The third-order valence-corrected chi connectivity index (χ3v) is 17.0. The second-order valence-corrected chi connectivity index (χ2v) is 25.0. The quantitative estimate of drug-likeness (QED) is 0.0227. The number of ether oxygens (including phenoxy) is 16. The number of para-hydroxylation sites is 2. The standard InChI is InChI=1S/C40H60N2O10.C22H27BrN2O.C18H34O9/c1-3-39(43)42(37-7-5-4-6-8-37)38-16-19-41(20-17-38)18-15-36-11-9-35(10-12-36)13-14-40(44)52-34-33-51-32-31-50-30-29-49-28-27-48-26-25-47-24-23-46-22-21-45-2;1-2-22(26)25(20-6-4-3-5-7-20)21-13-16-24(17-14-21)15-12-18-8-10-19(23)11-9-18;1-3-18(19)27-17-16-26-15-14-25-13-12-24-11-10-23-9-8-22-7-6-21-5-4-20-2/h4-14,38H,3,15-34H2,1-2H3;3-11,21H,2,12-17H2,1H3;3H,1,4-17H2,2H3/b14-13+;;. The fourth-order valence-corrected chi connectivity index (χ4v) is 11.1. The van der Waals surface area contributed by atoms with Crippen LogP contribution < -0.4 is 9.80 Å². The van der Waals surface area contributed by atoms with Gasteiger partial charge in [0, 0.05) is 106 Å². The van der Waals surface area contributed by atoms with Gasteiger partial charge in [-0.15, -0.1) is 0 Å². The number of piperidine rings is 2. The number of hydrogen-bond acceptors (Lipinski definition) is 22. The van der Waals surface area contributed by atoms with Crippen LogP contribution in [0.1, 0.15) is 69.1 Å². The fourth-order valence-electron chi connectivity index (χ4n) is 10.8. The molecule has 6 rings (SSSR count). The van der Waals surface area contributed by atoms with Crippen molar-refractivity contribution in [2.75, 3.05) is 248 Å². The Morgan fingerprint density at radius 2 is 0.686 bits per heavy atom. The number of nitrogens with zero attached hydrogens (tertiary/aromatic N) is 4. The number of methoxy groups -OCH3 is 2. The summed E-state index contributed by atoms with van der Waals surface area (Å²) in [7, 11) is 3.28. The summed E-state index contributed by atoms with van der Waals surface area (Å²) in [5, 5.41) is 0. The van der Waals surface area contributed by atoms with Crippen LogP contribution in [0.25, 0.3) is 6.08 Å². The Morgan fingerprint density at radius 1 is 0.400 bits per heavy atom. The molecule has 2 heterocycles. The molecule has 105 heavy (non-hydrogen) atoms. The Bertz CT molecular complexity index is 2800. The molecule has 2 saturated heterocycles. The van der Waals surface area contributed by atoms with Gasteiger partial charge in [0.05, 0.1) is 172 Å². The van der Waals surface area contributed by atoms with Crippen molar-refractivity contribution < 1.29 is 95.0 Å². The molecule has 0 N–H and O–H groups in total. The predicted octanol–water partition coefficient (Wildman–Crippen LogP) is 9.80. The van der Waals surface area contributed by atoms with Gasteiger partial charge in [0.15, 0.2) is 0 Å². The summed E-state index contributed by atoms with van der Waals surface area (Å²) in [5.74, 6) is -0.446. The molecule has 2 fully saturated rings. The SMILES string of the molecule is C=CC(=O)OCCOCCOCCOCCOCCOCCOCCOC.CCC(=O)N(c1ccccc1)C1CCN(CCc2ccc(/C=C/C(=O)OCCOCCOCCOCCOCCOCCOCCOC)cc2)CC1.CCC(=O)N(c1ccccc1)C1CCN(CCc2ccc(Br)cc2)CC1. The lowest BCUT2D eigenvalue weighted by molar-refractivity contribution is -0.140. The highest BCUT2D eigenvalue weighted by atomic mass is 79.9. The van der Waals surface area contributed by atoms with E-state index in [0.29, 0.717) is 191 Å². The third-order valence-electron chi connectivity index (χ3n) is 16.5. The summed E-state index contributed by atoms with van der Waals surface area (Å²) in [6, 6.07) is 37.5. The number of amides is 2. The molecule has 0 unspecified atom stereocenters. The molecular formula is C80H121BrN4O20. The minimum absolute atomic E-state index is 0.175. The van der Waals surface area contributed by atoms with Crippen molar-refractivity contribution in [2.24, 2.45) is 0 Å². The van der Waals surface area contributed by atoms with Crippen molar-refractivity contribution in [2.45, 2.75) is 77.3 Å². The number of benzene rings is 4. The first-order chi connectivity index (χ1) is 51.6. The first-order valence-corrected chi connectivity index (χ1v) is 37.9. The van der Waals surface area contributed by atoms with E-state index in [1.165, 1.54) is 17.2 Å². The number of rotatable bonds is 57. The van der Waals surface area contributed by atoms with E-state index in [1.54, 1.807) is 20.3 Å². The largest absolute Gasteiger partial charge is 0.460 e. The van der Waals surface area contributed by atoms with Crippen LogP contribution in [0.5, 0.6) is 0 Å². The number of hydrogen-bond donors (Lipinski definition) is 0. The van der Waals surface area contributed by atoms with Crippen molar-refractivity contribution >= 4 is 57.1 Å². The maximum absolute atomic E-state index is 12.8. The van der Waals surface area contributed by atoms with E-state index in [0.717, 1.165) is 105 Å². The second kappa shape index (κ2) is 63.1. The molecule has 0 aromatic heterocycles. The molecule has 2 aliphatic heterocycles. The van der Waals surface area contributed by atoms with Crippen LogP contribution in [-0.2, 0) is 108 Å². The van der Waals surface area contributed by atoms with E-state index >= 15 is 0 Å². The average Bonchev–Trinajstić information content (AvgIpc) is 0.834. The molecule has 0 bridgehead atoms. The van der Waals surface area contributed by atoms with Crippen molar-refractivity contribution in [3.8, 4) is 0 Å². The average molecular weight is 1540 g/mol. The summed E-state index contributed by atoms with van der Waals surface area (Å²) in [6.07, 6.45) is 11.4. The normalized spacial score (nSPS) is 13.6. The Morgan fingerprint density at radius 3 is 0.981 bits per heavy atom. The second-order valence-electron chi connectivity index (χ2n) is 24.1. The molecule has 2 amide bonds. The van der Waals surface area contributed by atoms with Crippen LogP contribution in [0.3, 0.4) is 0 Å². The molecular weight excluding hydrogens is 1420 g/mol. The Kier molecular flexibility index (Phi) is 54.9. The van der Waals surface area contributed by atoms with E-state index in [9.17, 15) is 19.2 Å². The zero-order valence-electron chi connectivity index (χ0n) is 63.0. The Labute approximate surface area is 633 Å². The van der Waals surface area contributed by atoms with E-state index in [4.69, 9.17) is 75.8 Å². The maximum atomic E-state index is 12.8. The van der Waals surface area contributed by atoms with Crippen LogP contribution >= 0.6 is 15.9 Å². The van der Waals surface area contributed by atoms with Crippen molar-refractivity contribution in [1.82, 2.24) is 9.80 Å². The molecule has 4 aromatic carbocycles. The van der Waals surface area contributed by atoms with Gasteiger partial charge in [-0.3, -0.25) is 9.59 Å². The van der Waals surface area contributed by atoms with Crippen molar-refractivity contribution in [3.63, 3.8) is 0 Å². The smallest absolute Gasteiger partial charge is 0.330 e. The number of esters is 2. The van der Waals surface area contributed by atoms with E-state index in [-0.39, 0.29) is 31.1 Å². The number of likely N-dealkylation sites (tertiary alicyclic amines) is 2. The van der Waals surface area contributed by atoms with Gasteiger partial charge in [-0.2, -0.15) is 0 Å². The van der Waals surface area contributed by atoms with Crippen LogP contribution in [0.2, 0.25) is 0 Å². The van der Waals surface area contributed by atoms with Gasteiger partial charge < -0.3 is 95.4 Å². The van der Waals surface area contributed by atoms with Gasteiger partial charge in [0.2, 0.25) is 11.8 Å². The van der Waals surface area contributed by atoms with Gasteiger partial charge in [-0.05, 0) is 97.7 Å². The lowest BCUT2D eigenvalue weighted by Crippen LogP contribution is -2.47. The van der Waals surface area contributed by atoms with Gasteiger partial charge in [-0.25, -0.2) is 9.59 Å². The summed E-state index contributed by atoms with van der Waals surface area (Å²) in [5.41, 5.74) is 5.60. The van der Waals surface area contributed by atoms with E-state index < -0.39 is 11.9 Å². The van der Waals surface area contributed by atoms with Crippen LogP contribution in [-0.4, -0.2) is 284 Å². The topological polar surface area (TPSA) is 229 Å². The van der Waals surface area contributed by atoms with Crippen LogP contribution in [0.15, 0.2) is 132 Å². The maximum Gasteiger partial charge on any atom is 0.330 e. The van der Waals surface area contributed by atoms with Gasteiger partial charge in [0.25, 0.3) is 0 Å². The predicted molar refractivity (Wildman–Crippen MR) is 410 cm³/mol. The van der Waals surface area contributed by atoms with E-state index in [1.807, 2.05) is 96.4 Å². The summed E-state index contributed by atoms with van der Waals surface area (Å²) in [6.45, 7) is 26.6. The summed E-state index contributed by atoms with van der Waals surface area (Å²) < 4.78 is 85.4. The molecule has 0 saturated carbocycles. The molecule has 24 nitrogen and oxygen atoms in total. The van der Waals surface area contributed by atoms with Gasteiger partial charge in [-0.1, -0.05) is 109 Å². The van der Waals surface area contributed by atoms with Crippen molar-refractivity contribution in [3.05, 3.63) is 149 Å². The minimum Gasteiger partial charge on any atom is -0.460 e. The third kappa shape index (κ3) is 45.5. The monoisotopic (exact) mass is 1540 g/mol. The number of carbonyl (C=O) groups is 4. The number of anilines is 2. The minimum atomic E-state index is -0.452. The Balaban J connectivity index is 0.000000369. The molecule has 0 atom stereocenters. The summed E-state index contributed by atoms with van der Waals surface area (Å²) >= 11 is 3.49.